The molecule has 2 saturated heterocycles. The first-order valence-electron chi connectivity index (χ1n) is 9.92. The van der Waals surface area contributed by atoms with Crippen LogP contribution in [0.3, 0.4) is 0 Å². The Kier molecular flexibility index (Phi) is 4.88. The van der Waals surface area contributed by atoms with Crippen molar-refractivity contribution in [3.8, 4) is 0 Å². The first-order chi connectivity index (χ1) is 13.8. The number of fused-ring (bicyclic) bond motifs is 1. The Morgan fingerprint density at radius 3 is 2.79 bits per heavy atom. The first-order valence-corrected chi connectivity index (χ1v) is 9.92. The van der Waals surface area contributed by atoms with Gasteiger partial charge in [0, 0.05) is 62.6 Å². The normalized spacial score (nSPS) is 19.4. The summed E-state index contributed by atoms with van der Waals surface area (Å²) in [6.07, 6.45) is 5.40. The molecule has 2 fully saturated rings. The molecule has 0 unspecified atom stereocenters. The second-order valence-corrected chi connectivity index (χ2v) is 7.46. The Hall–Kier alpha value is -2.58. The average molecular weight is 380 g/mol. The van der Waals surface area contributed by atoms with Crippen molar-refractivity contribution in [2.24, 2.45) is 0 Å². The van der Waals surface area contributed by atoms with E-state index in [2.05, 4.69) is 48.1 Å². The lowest BCUT2D eigenvalue weighted by molar-refractivity contribution is 0.0778. The van der Waals surface area contributed by atoms with Gasteiger partial charge in [-0.2, -0.15) is 4.98 Å². The molecule has 2 aliphatic rings. The molecule has 0 N–H and O–H groups in total. The first kappa shape index (κ1) is 17.5. The van der Waals surface area contributed by atoms with E-state index >= 15 is 0 Å². The van der Waals surface area contributed by atoms with E-state index in [1.54, 1.807) is 6.33 Å². The summed E-state index contributed by atoms with van der Waals surface area (Å²) in [5.74, 6) is 1.91. The Morgan fingerprint density at radius 1 is 1.07 bits per heavy atom. The SMILES string of the molecule is c1ncc2cc(N3CCN(Cc4noc(C5CCOCC5)n4)CC3)ccc2n1. The Labute approximate surface area is 163 Å². The molecule has 1 aromatic carbocycles. The highest BCUT2D eigenvalue weighted by Gasteiger charge is 2.24. The summed E-state index contributed by atoms with van der Waals surface area (Å²) in [7, 11) is 0. The molecule has 2 aliphatic heterocycles. The van der Waals surface area contributed by atoms with Gasteiger partial charge in [0.05, 0.1) is 12.1 Å². The predicted molar refractivity (Wildman–Crippen MR) is 104 cm³/mol. The maximum Gasteiger partial charge on any atom is 0.229 e. The summed E-state index contributed by atoms with van der Waals surface area (Å²) in [4.78, 5) is 17.9. The van der Waals surface area contributed by atoms with Gasteiger partial charge in [-0.05, 0) is 31.0 Å². The third-order valence-corrected chi connectivity index (χ3v) is 5.65. The standard InChI is InChI=1S/C20H24N6O2/c1-2-18-16(12-21-14-22-18)11-17(1)26-7-5-25(6-8-26)13-19-23-20(28-24-19)15-3-9-27-10-4-15/h1-2,11-12,14-15H,3-10,13H2. The fourth-order valence-electron chi connectivity index (χ4n) is 3.97. The smallest absolute Gasteiger partial charge is 0.229 e. The van der Waals surface area contributed by atoms with Crippen LogP contribution in [0.25, 0.3) is 10.9 Å². The molecular weight excluding hydrogens is 356 g/mol. The molecule has 8 heteroatoms. The summed E-state index contributed by atoms with van der Waals surface area (Å²) < 4.78 is 10.9. The minimum absolute atomic E-state index is 0.351. The lowest BCUT2D eigenvalue weighted by Crippen LogP contribution is -2.46. The number of piperazine rings is 1. The van der Waals surface area contributed by atoms with Gasteiger partial charge >= 0.3 is 0 Å². The fraction of sp³-hybridized carbons (Fsp3) is 0.500. The van der Waals surface area contributed by atoms with E-state index in [0.29, 0.717) is 5.92 Å². The molecule has 0 spiro atoms. The molecule has 5 rings (SSSR count). The van der Waals surface area contributed by atoms with Crippen LogP contribution in [0.2, 0.25) is 0 Å². The van der Waals surface area contributed by atoms with E-state index < -0.39 is 0 Å². The van der Waals surface area contributed by atoms with Crippen LogP contribution >= 0.6 is 0 Å². The van der Waals surface area contributed by atoms with Crippen molar-refractivity contribution >= 4 is 16.6 Å². The highest BCUT2D eigenvalue weighted by atomic mass is 16.5. The van der Waals surface area contributed by atoms with Gasteiger partial charge in [-0.3, -0.25) is 4.90 Å². The van der Waals surface area contributed by atoms with E-state index in [9.17, 15) is 0 Å². The van der Waals surface area contributed by atoms with Gasteiger partial charge < -0.3 is 14.2 Å². The monoisotopic (exact) mass is 380 g/mol. The van der Waals surface area contributed by atoms with Gasteiger partial charge in [-0.1, -0.05) is 5.16 Å². The topological polar surface area (TPSA) is 80.4 Å². The minimum Gasteiger partial charge on any atom is -0.381 e. The molecule has 146 valence electrons. The van der Waals surface area contributed by atoms with Gasteiger partial charge in [-0.25, -0.2) is 9.97 Å². The second-order valence-electron chi connectivity index (χ2n) is 7.46. The molecular formula is C20H24N6O2. The Morgan fingerprint density at radius 2 is 1.93 bits per heavy atom. The van der Waals surface area contributed by atoms with Crippen molar-refractivity contribution in [3.05, 3.63) is 42.4 Å². The molecule has 8 nitrogen and oxygen atoms in total. The quantitative estimate of drug-likeness (QED) is 0.682. The van der Waals surface area contributed by atoms with Crippen LogP contribution in [0.5, 0.6) is 0 Å². The molecule has 0 amide bonds. The molecule has 4 heterocycles. The lowest BCUT2D eigenvalue weighted by atomic mass is 10.0. The highest BCUT2D eigenvalue weighted by molar-refractivity contribution is 5.81. The number of nitrogens with zero attached hydrogens (tertiary/aromatic N) is 6. The summed E-state index contributed by atoms with van der Waals surface area (Å²) in [5.41, 5.74) is 2.21. The largest absolute Gasteiger partial charge is 0.381 e. The van der Waals surface area contributed by atoms with Crippen molar-refractivity contribution in [3.63, 3.8) is 0 Å². The number of aromatic nitrogens is 4. The average Bonchev–Trinajstić information content (AvgIpc) is 3.23. The number of ether oxygens (including phenoxy) is 1. The molecule has 0 radical (unpaired) electrons. The molecule has 3 aromatic rings. The zero-order valence-corrected chi connectivity index (χ0v) is 15.8. The summed E-state index contributed by atoms with van der Waals surface area (Å²) in [6, 6.07) is 6.38. The number of benzene rings is 1. The summed E-state index contributed by atoms with van der Waals surface area (Å²) in [5, 5.41) is 5.28. The molecule has 2 aromatic heterocycles. The lowest BCUT2D eigenvalue weighted by Gasteiger charge is -2.35. The van der Waals surface area contributed by atoms with Crippen LogP contribution in [0.15, 0.2) is 35.2 Å². The Bertz CT molecular complexity index is 931. The van der Waals surface area contributed by atoms with E-state index in [1.807, 2.05) is 6.20 Å². The zero-order valence-electron chi connectivity index (χ0n) is 15.8. The maximum atomic E-state index is 5.51. The van der Waals surface area contributed by atoms with Gasteiger partial charge in [0.25, 0.3) is 0 Å². The third-order valence-electron chi connectivity index (χ3n) is 5.65. The number of rotatable bonds is 4. The van der Waals surface area contributed by atoms with Gasteiger partial charge in [0.2, 0.25) is 5.89 Å². The summed E-state index contributed by atoms with van der Waals surface area (Å²) in [6.45, 7) is 6.21. The molecule has 0 saturated carbocycles. The van der Waals surface area contributed by atoms with E-state index in [-0.39, 0.29) is 0 Å². The van der Waals surface area contributed by atoms with E-state index in [0.717, 1.165) is 81.4 Å². The molecule has 0 aliphatic carbocycles. The number of hydrogen-bond acceptors (Lipinski definition) is 8. The van der Waals surface area contributed by atoms with Crippen molar-refractivity contribution in [1.29, 1.82) is 0 Å². The summed E-state index contributed by atoms with van der Waals surface area (Å²) >= 11 is 0. The molecule has 28 heavy (non-hydrogen) atoms. The van der Waals surface area contributed by atoms with Crippen LogP contribution in [0.1, 0.15) is 30.5 Å². The second kappa shape index (κ2) is 7.81. The van der Waals surface area contributed by atoms with Crippen molar-refractivity contribution in [2.45, 2.75) is 25.3 Å². The van der Waals surface area contributed by atoms with Gasteiger partial charge in [0.1, 0.15) is 6.33 Å². The molecule has 0 bridgehead atoms. The van der Waals surface area contributed by atoms with Crippen molar-refractivity contribution in [2.75, 3.05) is 44.3 Å². The van der Waals surface area contributed by atoms with Crippen molar-refractivity contribution < 1.29 is 9.26 Å². The fourth-order valence-corrected chi connectivity index (χ4v) is 3.97. The minimum atomic E-state index is 0.351. The van der Waals surface area contributed by atoms with Crippen LogP contribution in [0.4, 0.5) is 5.69 Å². The van der Waals surface area contributed by atoms with Gasteiger partial charge in [-0.15, -0.1) is 0 Å². The van der Waals surface area contributed by atoms with E-state index in [1.165, 1.54) is 5.69 Å². The number of anilines is 1. The van der Waals surface area contributed by atoms with Gasteiger partial charge in [0.15, 0.2) is 5.82 Å². The maximum absolute atomic E-state index is 5.51. The third kappa shape index (κ3) is 3.70. The zero-order chi connectivity index (χ0) is 18.8. The highest BCUT2D eigenvalue weighted by Crippen LogP contribution is 2.26. The van der Waals surface area contributed by atoms with Crippen LogP contribution < -0.4 is 4.90 Å². The van der Waals surface area contributed by atoms with Crippen LogP contribution in [0, 0.1) is 0 Å². The molecule has 0 atom stereocenters. The Balaban J connectivity index is 1.18. The van der Waals surface area contributed by atoms with Crippen LogP contribution in [-0.2, 0) is 11.3 Å². The number of hydrogen-bond donors (Lipinski definition) is 0. The predicted octanol–water partition coefficient (Wildman–Crippen LogP) is 2.23. The van der Waals surface area contributed by atoms with Crippen molar-refractivity contribution in [1.82, 2.24) is 25.0 Å². The van der Waals surface area contributed by atoms with E-state index in [4.69, 9.17) is 9.26 Å². The van der Waals surface area contributed by atoms with Crippen LogP contribution in [-0.4, -0.2) is 64.4 Å².